The number of amidine groups is 1. The zero-order valence-electron chi connectivity index (χ0n) is 16.4. The molecule has 0 radical (unpaired) electrons. The number of benzene rings is 1. The van der Waals surface area contributed by atoms with E-state index in [9.17, 15) is 4.21 Å². The van der Waals surface area contributed by atoms with Crippen molar-refractivity contribution >= 4 is 38.9 Å². The zero-order valence-corrected chi connectivity index (χ0v) is 18.0. The highest BCUT2D eigenvalue weighted by atomic mass is 32.2. The monoisotopic (exact) mass is 393 g/mol. The van der Waals surface area contributed by atoms with Crippen molar-refractivity contribution in [3.63, 3.8) is 0 Å². The molecule has 1 atom stereocenters. The van der Waals surface area contributed by atoms with E-state index >= 15 is 0 Å². The minimum Gasteiger partial charge on any atom is -0.374 e. The fraction of sp³-hybridized carbons (Fsp3) is 0.600. The molecule has 1 heterocycles. The summed E-state index contributed by atoms with van der Waals surface area (Å²) in [5, 5.41) is 3.53. The molecule has 1 aromatic carbocycles. The Bertz CT molecular complexity index is 685. The molecule has 0 aliphatic carbocycles. The summed E-state index contributed by atoms with van der Waals surface area (Å²) in [5.74, 6) is 0.445. The van der Waals surface area contributed by atoms with E-state index in [1.807, 2.05) is 26.0 Å². The molecular weight excluding hydrogens is 362 g/mol. The van der Waals surface area contributed by atoms with Crippen molar-refractivity contribution in [2.24, 2.45) is 4.99 Å². The van der Waals surface area contributed by atoms with Crippen LogP contribution in [0.1, 0.15) is 58.4 Å². The third-order valence-electron chi connectivity index (χ3n) is 4.66. The molecule has 26 heavy (non-hydrogen) atoms. The fourth-order valence-corrected chi connectivity index (χ4v) is 4.39. The van der Waals surface area contributed by atoms with Crippen LogP contribution in [0.4, 0.5) is 5.69 Å². The molecule has 6 heteroatoms. The van der Waals surface area contributed by atoms with Crippen molar-refractivity contribution in [2.45, 2.75) is 64.2 Å². The van der Waals surface area contributed by atoms with Crippen molar-refractivity contribution < 1.29 is 4.21 Å². The lowest BCUT2D eigenvalue weighted by atomic mass is 10.1. The fourth-order valence-electron chi connectivity index (χ4n) is 2.98. The summed E-state index contributed by atoms with van der Waals surface area (Å²) in [6.07, 6.45) is 6.33. The molecule has 0 aromatic heterocycles. The van der Waals surface area contributed by atoms with Crippen molar-refractivity contribution in [2.75, 3.05) is 18.5 Å². The summed E-state index contributed by atoms with van der Waals surface area (Å²) in [5.41, 5.74) is 1.77. The molecule has 0 saturated carbocycles. The predicted molar refractivity (Wildman–Crippen MR) is 118 cm³/mol. The first-order valence-corrected chi connectivity index (χ1v) is 11.2. The molecule has 0 amide bonds. The lowest BCUT2D eigenvalue weighted by Gasteiger charge is -2.22. The minimum atomic E-state index is -1.23. The third-order valence-corrected chi connectivity index (χ3v) is 6.46. The summed E-state index contributed by atoms with van der Waals surface area (Å²) >= 11 is 5.29. The summed E-state index contributed by atoms with van der Waals surface area (Å²) in [6, 6.07) is 8.21. The first-order valence-electron chi connectivity index (χ1n) is 9.44. The summed E-state index contributed by atoms with van der Waals surface area (Å²) < 4.78 is 12.8. The number of hydrogen-bond donors (Lipinski definition) is 1. The van der Waals surface area contributed by atoms with Crippen molar-refractivity contribution in [3.05, 3.63) is 29.8 Å². The van der Waals surface area contributed by atoms with Crippen molar-refractivity contribution in [1.29, 1.82) is 0 Å². The Morgan fingerprint density at radius 2 is 1.88 bits per heavy atom. The molecule has 2 rings (SSSR count). The number of hydrogen-bond acceptors (Lipinski definition) is 4. The van der Waals surface area contributed by atoms with Gasteiger partial charge in [-0.3, -0.25) is 4.21 Å². The van der Waals surface area contributed by atoms with Gasteiger partial charge in [0.05, 0.1) is 16.6 Å². The van der Waals surface area contributed by atoms with Gasteiger partial charge >= 0.3 is 0 Å². The molecule has 144 valence electrons. The van der Waals surface area contributed by atoms with Crippen LogP contribution in [-0.4, -0.2) is 33.5 Å². The Morgan fingerprint density at radius 3 is 2.54 bits per heavy atom. The lowest BCUT2D eigenvalue weighted by molar-refractivity contribution is 0.629. The van der Waals surface area contributed by atoms with E-state index in [1.54, 1.807) is 0 Å². The summed E-state index contributed by atoms with van der Waals surface area (Å²) in [7, 11) is 0.890. The van der Waals surface area contributed by atoms with Gasteiger partial charge in [-0.05, 0) is 31.9 Å². The topological polar surface area (TPSA) is 44.7 Å². The van der Waals surface area contributed by atoms with Crippen LogP contribution in [0, 0.1) is 0 Å². The summed E-state index contributed by atoms with van der Waals surface area (Å²) in [6.45, 7) is 7.13. The Labute approximate surface area is 165 Å². The van der Waals surface area contributed by atoms with Gasteiger partial charge in [0.2, 0.25) is 0 Å². The van der Waals surface area contributed by atoms with Gasteiger partial charge in [0.1, 0.15) is 10.5 Å². The average Bonchev–Trinajstić information content (AvgIpc) is 2.88. The molecule has 0 spiro atoms. The van der Waals surface area contributed by atoms with Gasteiger partial charge in [-0.25, -0.2) is 4.99 Å². The van der Waals surface area contributed by atoms with Crippen LogP contribution in [-0.2, 0) is 16.6 Å². The Kier molecular flexibility index (Phi) is 7.77. The number of nitrogens with zero attached hydrogens (tertiary/aromatic N) is 2. The predicted octanol–water partition coefficient (Wildman–Crippen LogP) is 4.41. The maximum absolute atomic E-state index is 12.8. The molecule has 1 aliphatic rings. The van der Waals surface area contributed by atoms with Crippen LogP contribution in [0.3, 0.4) is 0 Å². The van der Waals surface area contributed by atoms with Crippen LogP contribution >= 0.6 is 12.2 Å². The third kappa shape index (κ3) is 5.61. The second kappa shape index (κ2) is 9.60. The van der Waals surface area contributed by atoms with Crippen molar-refractivity contribution in [1.82, 2.24) is 5.32 Å². The van der Waals surface area contributed by atoms with E-state index in [4.69, 9.17) is 12.2 Å². The highest BCUT2D eigenvalue weighted by Crippen LogP contribution is 2.23. The van der Waals surface area contributed by atoms with Crippen LogP contribution in [0.25, 0.3) is 0 Å². The number of thiocarbonyl (C=S) groups is 1. The van der Waals surface area contributed by atoms with E-state index in [0.717, 1.165) is 17.8 Å². The van der Waals surface area contributed by atoms with E-state index in [0.29, 0.717) is 15.9 Å². The van der Waals surface area contributed by atoms with E-state index in [1.165, 1.54) is 32.1 Å². The average molecular weight is 394 g/mol. The smallest absolute Gasteiger partial charge is 0.193 e. The lowest BCUT2D eigenvalue weighted by Crippen LogP contribution is -2.34. The maximum Gasteiger partial charge on any atom is 0.193 e. The molecule has 1 aromatic rings. The second-order valence-corrected chi connectivity index (χ2v) is 9.16. The standard InChI is InChI=1S/C20H31N3OS2/c1-5-6-7-8-11-14-23(4)17-13-10-9-12-16(17)15-26(24)19-21-18(25)20(2,3)22-19/h9-10,12-13H,5-8,11,14-15H2,1-4H3,(H,21,22,25). The van der Waals surface area contributed by atoms with Gasteiger partial charge in [-0.2, -0.15) is 0 Å². The molecule has 0 fully saturated rings. The van der Waals surface area contributed by atoms with Gasteiger partial charge in [-0.15, -0.1) is 0 Å². The Hall–Kier alpha value is -1.27. The normalized spacial score (nSPS) is 16.9. The van der Waals surface area contributed by atoms with Crippen LogP contribution < -0.4 is 10.2 Å². The highest BCUT2D eigenvalue weighted by molar-refractivity contribution is 8.00. The van der Waals surface area contributed by atoms with Gasteiger partial charge in [0.25, 0.3) is 0 Å². The number of para-hydroxylation sites is 1. The molecule has 1 N–H and O–H groups in total. The SMILES string of the molecule is CCCCCCCN(C)c1ccccc1CS(=O)C1=NC(C)(C)C(=S)N1. The maximum atomic E-state index is 12.8. The van der Waals surface area contributed by atoms with Gasteiger partial charge < -0.3 is 10.2 Å². The molecular formula is C20H31N3OS2. The molecule has 4 nitrogen and oxygen atoms in total. The molecule has 0 saturated heterocycles. The van der Waals surface area contributed by atoms with E-state index in [-0.39, 0.29) is 0 Å². The number of unbranched alkanes of at least 4 members (excludes halogenated alkanes) is 4. The van der Waals surface area contributed by atoms with Crippen molar-refractivity contribution in [3.8, 4) is 0 Å². The van der Waals surface area contributed by atoms with Gasteiger partial charge in [0.15, 0.2) is 5.17 Å². The Balaban J connectivity index is 2.00. The number of anilines is 1. The highest BCUT2D eigenvalue weighted by Gasteiger charge is 2.32. The Morgan fingerprint density at radius 1 is 1.19 bits per heavy atom. The van der Waals surface area contributed by atoms with Gasteiger partial charge in [0, 0.05) is 19.3 Å². The minimum absolute atomic E-state index is 0.445. The van der Waals surface area contributed by atoms with Crippen LogP contribution in [0.5, 0.6) is 0 Å². The number of aliphatic imine (C=N–C) groups is 1. The summed E-state index contributed by atoms with van der Waals surface area (Å²) in [4.78, 5) is 7.41. The number of rotatable bonds is 9. The molecule has 1 unspecified atom stereocenters. The zero-order chi connectivity index (χ0) is 19.2. The first kappa shape index (κ1) is 21.0. The molecule has 1 aliphatic heterocycles. The molecule has 0 bridgehead atoms. The van der Waals surface area contributed by atoms with Crippen LogP contribution in [0.15, 0.2) is 29.3 Å². The largest absolute Gasteiger partial charge is 0.374 e. The first-order chi connectivity index (χ1) is 12.3. The second-order valence-electron chi connectivity index (χ2n) is 7.38. The van der Waals surface area contributed by atoms with E-state index in [2.05, 4.69) is 41.3 Å². The number of nitrogens with one attached hydrogen (secondary N) is 1. The van der Waals surface area contributed by atoms with E-state index < -0.39 is 16.3 Å². The quantitative estimate of drug-likeness (QED) is 0.499. The van der Waals surface area contributed by atoms with Crippen LogP contribution in [0.2, 0.25) is 0 Å². The van der Waals surface area contributed by atoms with Gasteiger partial charge in [-0.1, -0.05) is 63.0 Å².